The van der Waals surface area contributed by atoms with Crippen LogP contribution >= 0.6 is 0 Å². The molecule has 2 heterocycles. The van der Waals surface area contributed by atoms with E-state index in [1.807, 2.05) is 0 Å². The Morgan fingerprint density at radius 1 is 1.39 bits per heavy atom. The van der Waals surface area contributed by atoms with Crippen molar-refractivity contribution in [2.75, 3.05) is 20.3 Å². The van der Waals surface area contributed by atoms with Gasteiger partial charge >= 0.3 is 0 Å². The van der Waals surface area contributed by atoms with Crippen LogP contribution in [-0.2, 0) is 21.3 Å². The summed E-state index contributed by atoms with van der Waals surface area (Å²) in [6, 6.07) is 3.01. The van der Waals surface area contributed by atoms with E-state index in [9.17, 15) is 8.42 Å². The van der Waals surface area contributed by atoms with Gasteiger partial charge in [0.05, 0.1) is 6.54 Å². The van der Waals surface area contributed by atoms with Crippen LogP contribution in [0.4, 0.5) is 0 Å². The lowest BCUT2D eigenvalue weighted by Crippen LogP contribution is -2.40. The van der Waals surface area contributed by atoms with Crippen LogP contribution in [0.2, 0.25) is 0 Å². The monoisotopic (exact) mass is 274 g/mol. The molecule has 0 spiro atoms. The van der Waals surface area contributed by atoms with Crippen molar-refractivity contribution in [3.05, 3.63) is 17.9 Å². The van der Waals surface area contributed by atoms with Gasteiger partial charge in [0, 0.05) is 26.3 Å². The van der Waals surface area contributed by atoms with Gasteiger partial charge in [-0.15, -0.1) is 0 Å². The smallest absolute Gasteiger partial charge is 0.276 e. The molecule has 2 N–H and O–H groups in total. The van der Waals surface area contributed by atoms with Crippen LogP contribution in [0, 0.1) is 0 Å². The first kappa shape index (κ1) is 13.5. The average molecular weight is 274 g/mol. The van der Waals surface area contributed by atoms with Gasteiger partial charge in [-0.25, -0.2) is 8.42 Å². The summed E-state index contributed by atoms with van der Waals surface area (Å²) >= 11 is 0. The van der Waals surface area contributed by atoms with Crippen molar-refractivity contribution < 1.29 is 17.6 Å². The van der Waals surface area contributed by atoms with Crippen LogP contribution in [0.15, 0.2) is 21.6 Å². The third-order valence-corrected chi connectivity index (χ3v) is 4.96. The van der Waals surface area contributed by atoms with Gasteiger partial charge in [-0.05, 0) is 25.0 Å². The van der Waals surface area contributed by atoms with Gasteiger partial charge in [-0.3, -0.25) is 0 Å². The molecule has 18 heavy (non-hydrogen) atoms. The first-order valence-corrected chi connectivity index (χ1v) is 7.34. The molecule has 0 unspecified atom stereocenters. The minimum Gasteiger partial charge on any atom is -0.447 e. The molecule has 1 aliphatic heterocycles. The molecule has 7 heteroatoms. The lowest BCUT2D eigenvalue weighted by molar-refractivity contribution is 0.0629. The number of sulfonamides is 1. The van der Waals surface area contributed by atoms with E-state index in [2.05, 4.69) is 0 Å². The van der Waals surface area contributed by atoms with Crippen LogP contribution in [0.5, 0.6) is 0 Å². The van der Waals surface area contributed by atoms with E-state index >= 15 is 0 Å². The van der Waals surface area contributed by atoms with E-state index in [1.54, 1.807) is 13.1 Å². The molecule has 1 aromatic heterocycles. The van der Waals surface area contributed by atoms with E-state index in [4.69, 9.17) is 14.9 Å². The normalized spacial score (nSPS) is 18.4. The van der Waals surface area contributed by atoms with Crippen LogP contribution in [0.25, 0.3) is 0 Å². The molecule has 1 saturated heterocycles. The minimum absolute atomic E-state index is 0.0322. The van der Waals surface area contributed by atoms with Crippen molar-refractivity contribution in [2.45, 2.75) is 30.5 Å². The number of furan rings is 1. The van der Waals surface area contributed by atoms with Crippen molar-refractivity contribution in [1.82, 2.24) is 4.31 Å². The van der Waals surface area contributed by atoms with Crippen molar-refractivity contribution >= 4 is 10.0 Å². The van der Waals surface area contributed by atoms with E-state index in [1.165, 1.54) is 10.4 Å². The summed E-state index contributed by atoms with van der Waals surface area (Å²) < 4.78 is 36.4. The zero-order valence-electron chi connectivity index (χ0n) is 10.3. The van der Waals surface area contributed by atoms with Gasteiger partial charge in [0.25, 0.3) is 10.0 Å². The van der Waals surface area contributed by atoms with Crippen molar-refractivity contribution in [3.63, 3.8) is 0 Å². The Bertz CT molecular complexity index is 491. The lowest BCUT2D eigenvalue weighted by Gasteiger charge is -2.29. The summed E-state index contributed by atoms with van der Waals surface area (Å²) in [7, 11) is -1.99. The molecule has 0 radical (unpaired) electrons. The quantitative estimate of drug-likeness (QED) is 0.866. The van der Waals surface area contributed by atoms with Gasteiger partial charge in [-0.1, -0.05) is 0 Å². The Morgan fingerprint density at radius 2 is 2.06 bits per heavy atom. The molecule has 6 nitrogen and oxygen atoms in total. The zero-order chi connectivity index (χ0) is 13.2. The standard InChI is InChI=1S/C11H18N2O4S/c1-13(9-4-6-16-7-5-9)18(14,15)11-3-2-10(8-12)17-11/h2-3,9H,4-8,12H2,1H3. The molecule has 0 aromatic carbocycles. The molecule has 2 rings (SSSR count). The number of rotatable bonds is 4. The molecular formula is C11H18N2O4S. The van der Waals surface area contributed by atoms with E-state index in [0.717, 1.165) is 0 Å². The molecule has 102 valence electrons. The summed E-state index contributed by atoms with van der Waals surface area (Å²) in [5.74, 6) is 0.467. The highest BCUT2D eigenvalue weighted by Gasteiger charge is 2.31. The Balaban J connectivity index is 2.18. The molecule has 0 amide bonds. The third-order valence-electron chi connectivity index (χ3n) is 3.18. The average Bonchev–Trinajstić information content (AvgIpc) is 2.88. The van der Waals surface area contributed by atoms with E-state index in [-0.39, 0.29) is 17.7 Å². The van der Waals surface area contributed by atoms with Crippen LogP contribution in [0.3, 0.4) is 0 Å². The van der Waals surface area contributed by atoms with Gasteiger partial charge in [0.1, 0.15) is 5.76 Å². The highest BCUT2D eigenvalue weighted by Crippen LogP contribution is 2.23. The van der Waals surface area contributed by atoms with Crippen LogP contribution < -0.4 is 5.73 Å². The number of ether oxygens (including phenoxy) is 1. The fraction of sp³-hybridized carbons (Fsp3) is 0.636. The van der Waals surface area contributed by atoms with E-state index < -0.39 is 10.0 Å². The van der Waals surface area contributed by atoms with Gasteiger partial charge in [-0.2, -0.15) is 4.31 Å². The SMILES string of the molecule is CN(C1CCOCC1)S(=O)(=O)c1ccc(CN)o1. The molecule has 0 aliphatic carbocycles. The van der Waals surface area contributed by atoms with Crippen LogP contribution in [-0.4, -0.2) is 39.0 Å². The molecule has 1 aliphatic rings. The first-order chi connectivity index (χ1) is 8.55. The number of hydrogen-bond acceptors (Lipinski definition) is 5. The van der Waals surface area contributed by atoms with Gasteiger partial charge in [0.15, 0.2) is 0 Å². The topological polar surface area (TPSA) is 85.8 Å². The summed E-state index contributed by atoms with van der Waals surface area (Å²) in [5.41, 5.74) is 5.41. The number of nitrogens with zero attached hydrogens (tertiary/aromatic N) is 1. The third kappa shape index (κ3) is 2.59. The first-order valence-electron chi connectivity index (χ1n) is 5.90. The Kier molecular flexibility index (Phi) is 4.06. The fourth-order valence-electron chi connectivity index (χ4n) is 1.99. The number of hydrogen-bond donors (Lipinski definition) is 1. The van der Waals surface area contributed by atoms with Crippen molar-refractivity contribution in [1.29, 1.82) is 0 Å². The maximum absolute atomic E-state index is 12.3. The Labute approximate surface area is 107 Å². The molecule has 0 bridgehead atoms. The largest absolute Gasteiger partial charge is 0.447 e. The van der Waals surface area contributed by atoms with Gasteiger partial charge in [0.2, 0.25) is 5.09 Å². The molecule has 0 saturated carbocycles. The van der Waals surface area contributed by atoms with Crippen molar-refractivity contribution in [3.8, 4) is 0 Å². The highest BCUT2D eigenvalue weighted by molar-refractivity contribution is 7.89. The van der Waals surface area contributed by atoms with E-state index in [0.29, 0.717) is 31.8 Å². The molecule has 0 atom stereocenters. The molecular weight excluding hydrogens is 256 g/mol. The maximum Gasteiger partial charge on any atom is 0.276 e. The summed E-state index contributed by atoms with van der Waals surface area (Å²) in [5, 5.41) is -0.0445. The second-order valence-electron chi connectivity index (χ2n) is 4.29. The lowest BCUT2D eigenvalue weighted by atomic mass is 10.1. The summed E-state index contributed by atoms with van der Waals surface area (Å²) in [4.78, 5) is 0. The predicted octanol–water partition coefficient (Wildman–Crippen LogP) is 0.538. The zero-order valence-corrected chi connectivity index (χ0v) is 11.1. The second kappa shape index (κ2) is 5.40. The van der Waals surface area contributed by atoms with Gasteiger partial charge < -0.3 is 14.9 Å². The maximum atomic E-state index is 12.3. The molecule has 1 aromatic rings. The van der Waals surface area contributed by atoms with Crippen molar-refractivity contribution in [2.24, 2.45) is 5.73 Å². The highest BCUT2D eigenvalue weighted by atomic mass is 32.2. The molecule has 1 fully saturated rings. The minimum atomic E-state index is -3.57. The second-order valence-corrected chi connectivity index (χ2v) is 6.22. The Hall–Kier alpha value is -0.890. The number of nitrogens with two attached hydrogens (primary N) is 1. The van der Waals surface area contributed by atoms with Crippen LogP contribution in [0.1, 0.15) is 18.6 Å². The fourth-order valence-corrected chi connectivity index (χ4v) is 3.33. The predicted molar refractivity (Wildman–Crippen MR) is 65.4 cm³/mol. The summed E-state index contributed by atoms with van der Waals surface area (Å²) in [6.45, 7) is 1.38. The Morgan fingerprint density at radius 3 is 2.61 bits per heavy atom. The summed E-state index contributed by atoms with van der Waals surface area (Å²) in [6.07, 6.45) is 1.42.